The summed E-state index contributed by atoms with van der Waals surface area (Å²) in [5, 5.41) is 13.5. The standard InChI is InChI=1S/C19H19BrN2O5S/c1-11-4-5-15(16(6-11)22(25)26)21-18(23)9-27-19(24)10-28-17-8-12(2)14(20)7-13(17)3/h4-8H,9-10H2,1-3H3,(H,21,23). The van der Waals surface area contributed by atoms with E-state index in [4.69, 9.17) is 4.74 Å². The first-order valence-electron chi connectivity index (χ1n) is 8.27. The number of thioether (sulfide) groups is 1. The molecule has 2 aromatic rings. The normalized spacial score (nSPS) is 10.4. The number of hydrogen-bond acceptors (Lipinski definition) is 6. The zero-order valence-corrected chi connectivity index (χ0v) is 18.0. The predicted octanol–water partition coefficient (Wildman–Crippen LogP) is 4.56. The van der Waals surface area contributed by atoms with Crippen LogP contribution in [0.4, 0.5) is 11.4 Å². The number of nitrogens with zero attached hydrogens (tertiary/aromatic N) is 1. The molecule has 0 aliphatic heterocycles. The van der Waals surface area contributed by atoms with Crippen LogP contribution in [0.3, 0.4) is 0 Å². The zero-order valence-electron chi connectivity index (χ0n) is 15.6. The zero-order chi connectivity index (χ0) is 20.8. The van der Waals surface area contributed by atoms with Gasteiger partial charge in [0.05, 0.1) is 10.7 Å². The van der Waals surface area contributed by atoms with Gasteiger partial charge in [-0.25, -0.2) is 0 Å². The molecule has 0 atom stereocenters. The van der Waals surface area contributed by atoms with E-state index in [1.54, 1.807) is 13.0 Å². The van der Waals surface area contributed by atoms with E-state index in [1.165, 1.54) is 23.9 Å². The van der Waals surface area contributed by atoms with Crippen molar-refractivity contribution in [2.75, 3.05) is 17.7 Å². The Kier molecular flexibility index (Phi) is 7.59. The van der Waals surface area contributed by atoms with E-state index in [0.717, 1.165) is 20.5 Å². The van der Waals surface area contributed by atoms with E-state index in [0.29, 0.717) is 5.56 Å². The second kappa shape index (κ2) is 9.70. The molecule has 0 radical (unpaired) electrons. The van der Waals surface area contributed by atoms with Crippen molar-refractivity contribution in [3.63, 3.8) is 0 Å². The Hall–Kier alpha value is -2.39. The van der Waals surface area contributed by atoms with Gasteiger partial charge in [0, 0.05) is 15.4 Å². The fraction of sp³-hybridized carbons (Fsp3) is 0.263. The van der Waals surface area contributed by atoms with E-state index >= 15 is 0 Å². The number of aryl methyl sites for hydroxylation is 3. The van der Waals surface area contributed by atoms with E-state index in [-0.39, 0.29) is 17.1 Å². The summed E-state index contributed by atoms with van der Waals surface area (Å²) >= 11 is 4.78. The number of nitrogens with one attached hydrogen (secondary N) is 1. The number of amides is 1. The summed E-state index contributed by atoms with van der Waals surface area (Å²) in [7, 11) is 0. The van der Waals surface area contributed by atoms with Crippen molar-refractivity contribution in [3.8, 4) is 0 Å². The van der Waals surface area contributed by atoms with Crippen LogP contribution < -0.4 is 5.32 Å². The molecule has 0 saturated heterocycles. The molecule has 1 N–H and O–H groups in total. The summed E-state index contributed by atoms with van der Waals surface area (Å²) in [6.07, 6.45) is 0. The van der Waals surface area contributed by atoms with Crippen molar-refractivity contribution in [2.45, 2.75) is 25.7 Å². The Morgan fingerprint density at radius 3 is 2.57 bits per heavy atom. The van der Waals surface area contributed by atoms with Gasteiger partial charge in [0.25, 0.3) is 11.6 Å². The van der Waals surface area contributed by atoms with Crippen molar-refractivity contribution in [1.82, 2.24) is 0 Å². The van der Waals surface area contributed by atoms with Crippen molar-refractivity contribution in [1.29, 1.82) is 0 Å². The SMILES string of the molecule is Cc1ccc(NC(=O)COC(=O)CSc2cc(C)c(Br)cc2C)c([N+](=O)[O-])c1. The largest absolute Gasteiger partial charge is 0.455 e. The number of esters is 1. The Morgan fingerprint density at radius 2 is 1.89 bits per heavy atom. The second-order valence-electron chi connectivity index (χ2n) is 6.14. The van der Waals surface area contributed by atoms with Crippen LogP contribution in [0.1, 0.15) is 16.7 Å². The van der Waals surface area contributed by atoms with Gasteiger partial charge >= 0.3 is 5.97 Å². The lowest BCUT2D eigenvalue weighted by atomic mass is 10.2. The van der Waals surface area contributed by atoms with Crippen molar-refractivity contribution >= 4 is 50.9 Å². The lowest BCUT2D eigenvalue weighted by Gasteiger charge is -2.09. The topological polar surface area (TPSA) is 98.5 Å². The number of carbonyl (C=O) groups excluding carboxylic acids is 2. The van der Waals surface area contributed by atoms with E-state index in [1.807, 2.05) is 26.0 Å². The minimum Gasteiger partial charge on any atom is -0.455 e. The highest BCUT2D eigenvalue weighted by Gasteiger charge is 2.17. The molecule has 0 unspecified atom stereocenters. The number of ether oxygens (including phenoxy) is 1. The van der Waals surface area contributed by atoms with Gasteiger partial charge in [0.15, 0.2) is 6.61 Å². The van der Waals surface area contributed by atoms with Gasteiger partial charge in [0.2, 0.25) is 0 Å². The third-order valence-corrected chi connectivity index (χ3v) is 5.78. The van der Waals surface area contributed by atoms with Gasteiger partial charge in [-0.1, -0.05) is 22.0 Å². The Morgan fingerprint density at radius 1 is 1.18 bits per heavy atom. The van der Waals surface area contributed by atoms with Gasteiger partial charge in [0.1, 0.15) is 5.69 Å². The summed E-state index contributed by atoms with van der Waals surface area (Å²) in [6, 6.07) is 8.40. The van der Waals surface area contributed by atoms with Crippen LogP contribution in [0.25, 0.3) is 0 Å². The van der Waals surface area contributed by atoms with Crippen LogP contribution in [0.15, 0.2) is 39.7 Å². The van der Waals surface area contributed by atoms with Gasteiger partial charge in [-0.2, -0.15) is 0 Å². The molecule has 0 bridgehead atoms. The third-order valence-electron chi connectivity index (χ3n) is 3.79. The molecule has 0 heterocycles. The first kappa shape index (κ1) is 21.9. The molecular weight excluding hydrogens is 448 g/mol. The molecule has 9 heteroatoms. The Balaban J connectivity index is 1.87. The summed E-state index contributed by atoms with van der Waals surface area (Å²) < 4.78 is 5.96. The summed E-state index contributed by atoms with van der Waals surface area (Å²) in [5.74, 6) is -1.13. The fourth-order valence-electron chi connectivity index (χ4n) is 2.32. The van der Waals surface area contributed by atoms with Crippen molar-refractivity contribution in [3.05, 3.63) is 61.6 Å². The average Bonchev–Trinajstić information content (AvgIpc) is 2.63. The van der Waals surface area contributed by atoms with Crippen LogP contribution >= 0.6 is 27.7 Å². The molecule has 0 aliphatic rings. The minimum atomic E-state index is -0.638. The maximum Gasteiger partial charge on any atom is 0.316 e. The number of benzene rings is 2. The number of rotatable bonds is 7. The summed E-state index contributed by atoms with van der Waals surface area (Å²) in [5.41, 5.74) is 2.63. The molecule has 1 amide bonds. The van der Waals surface area contributed by atoms with E-state index in [2.05, 4.69) is 21.2 Å². The first-order valence-corrected chi connectivity index (χ1v) is 10.1. The number of anilines is 1. The number of nitro groups is 1. The molecule has 0 aromatic heterocycles. The summed E-state index contributed by atoms with van der Waals surface area (Å²) in [4.78, 5) is 35.3. The highest BCUT2D eigenvalue weighted by molar-refractivity contribution is 9.10. The van der Waals surface area contributed by atoms with Crippen LogP contribution in [0.2, 0.25) is 0 Å². The van der Waals surface area contributed by atoms with Gasteiger partial charge in [-0.3, -0.25) is 19.7 Å². The second-order valence-corrected chi connectivity index (χ2v) is 8.01. The van der Waals surface area contributed by atoms with Crippen LogP contribution in [0.5, 0.6) is 0 Å². The molecule has 28 heavy (non-hydrogen) atoms. The van der Waals surface area contributed by atoms with Crippen LogP contribution in [-0.2, 0) is 14.3 Å². The van der Waals surface area contributed by atoms with E-state index < -0.39 is 23.4 Å². The molecule has 148 valence electrons. The lowest BCUT2D eigenvalue weighted by molar-refractivity contribution is -0.384. The summed E-state index contributed by atoms with van der Waals surface area (Å²) in [6.45, 7) is 5.11. The molecule has 0 spiro atoms. The highest BCUT2D eigenvalue weighted by atomic mass is 79.9. The maximum absolute atomic E-state index is 12.0. The Bertz CT molecular complexity index is 933. The highest BCUT2D eigenvalue weighted by Crippen LogP contribution is 2.28. The number of halogens is 1. The third kappa shape index (κ3) is 6.07. The first-order chi connectivity index (χ1) is 13.2. The van der Waals surface area contributed by atoms with Crippen molar-refractivity contribution < 1.29 is 19.2 Å². The molecule has 0 fully saturated rings. The number of carbonyl (C=O) groups is 2. The lowest BCUT2D eigenvalue weighted by Crippen LogP contribution is -2.22. The predicted molar refractivity (Wildman–Crippen MR) is 112 cm³/mol. The Labute approximate surface area is 175 Å². The molecular formula is C19H19BrN2O5S. The quantitative estimate of drug-likeness (QED) is 0.278. The maximum atomic E-state index is 12.0. The minimum absolute atomic E-state index is 0.0554. The average molecular weight is 467 g/mol. The number of nitro benzene ring substituents is 1. The monoisotopic (exact) mass is 466 g/mol. The fourth-order valence-corrected chi connectivity index (χ4v) is 3.68. The molecule has 7 nitrogen and oxygen atoms in total. The van der Waals surface area contributed by atoms with Gasteiger partial charge in [-0.05, 0) is 55.7 Å². The smallest absolute Gasteiger partial charge is 0.316 e. The van der Waals surface area contributed by atoms with Gasteiger partial charge in [-0.15, -0.1) is 11.8 Å². The van der Waals surface area contributed by atoms with Crippen molar-refractivity contribution in [2.24, 2.45) is 0 Å². The molecule has 0 saturated carbocycles. The molecule has 2 aromatic carbocycles. The van der Waals surface area contributed by atoms with Crippen LogP contribution in [-0.4, -0.2) is 29.2 Å². The molecule has 2 rings (SSSR count). The molecule has 0 aliphatic carbocycles. The van der Waals surface area contributed by atoms with Gasteiger partial charge < -0.3 is 10.1 Å². The van der Waals surface area contributed by atoms with Crippen LogP contribution in [0, 0.1) is 30.9 Å². The van der Waals surface area contributed by atoms with E-state index in [9.17, 15) is 19.7 Å². The number of hydrogen-bond donors (Lipinski definition) is 1.